The third-order valence-electron chi connectivity index (χ3n) is 5.61. The lowest BCUT2D eigenvalue weighted by Crippen LogP contribution is -2.33. The first-order chi connectivity index (χ1) is 17.5. The number of carbonyl (C=O) groups excluding carboxylic acids is 2. The van der Waals surface area contributed by atoms with Gasteiger partial charge in [-0.2, -0.15) is 0 Å². The number of hydrogen-bond donors (Lipinski definition) is 1. The Morgan fingerprint density at radius 2 is 1.92 bits per heavy atom. The van der Waals surface area contributed by atoms with Crippen LogP contribution in [0, 0.1) is 0 Å². The minimum atomic E-state index is -0.626. The van der Waals surface area contributed by atoms with E-state index in [2.05, 4.69) is 5.32 Å². The molecule has 2 aliphatic rings. The number of methoxy groups -OCH3 is 1. The number of anilines is 1. The highest BCUT2D eigenvalue weighted by atomic mass is 35.5. The van der Waals surface area contributed by atoms with Gasteiger partial charge in [0.2, 0.25) is 18.6 Å². The Bertz CT molecular complexity index is 1330. The van der Waals surface area contributed by atoms with Crippen LogP contribution in [0.2, 0.25) is 5.02 Å². The maximum absolute atomic E-state index is 13.4. The van der Waals surface area contributed by atoms with Crippen LogP contribution in [-0.2, 0) is 16.1 Å². The zero-order valence-corrected chi connectivity index (χ0v) is 20.8. The van der Waals surface area contributed by atoms with E-state index in [-0.39, 0.29) is 31.6 Å². The number of aliphatic imine (C=N–C) groups is 1. The number of nitrogens with zero attached hydrogens (tertiary/aromatic N) is 2. The summed E-state index contributed by atoms with van der Waals surface area (Å²) < 4.78 is 16.1. The monoisotopic (exact) mass is 523 g/mol. The van der Waals surface area contributed by atoms with Crippen LogP contribution in [0.25, 0.3) is 0 Å². The molecular formula is C26H22ClN3O5S. The van der Waals surface area contributed by atoms with Crippen molar-refractivity contribution in [2.24, 2.45) is 4.99 Å². The fourth-order valence-electron chi connectivity index (χ4n) is 3.79. The largest absolute Gasteiger partial charge is 0.497 e. The first-order valence-corrected chi connectivity index (χ1v) is 12.4. The molecule has 2 aliphatic heterocycles. The second-order valence-electron chi connectivity index (χ2n) is 8.04. The summed E-state index contributed by atoms with van der Waals surface area (Å²) in [5.41, 5.74) is 2.03. The SMILES string of the molecule is COc1ccc(N=C2S[C@H](CC(=O)Nc3ccccc3Cl)C(=O)N2Cc2ccc3c(c2)OCO3)cc1. The Hall–Kier alpha value is -3.69. The Labute approximate surface area is 217 Å². The Balaban J connectivity index is 1.38. The minimum absolute atomic E-state index is 0.0198. The van der Waals surface area contributed by atoms with Crippen molar-refractivity contribution in [1.82, 2.24) is 4.90 Å². The molecule has 1 N–H and O–H groups in total. The van der Waals surface area contributed by atoms with E-state index in [0.29, 0.717) is 38.8 Å². The lowest BCUT2D eigenvalue weighted by molar-refractivity contribution is -0.128. The topological polar surface area (TPSA) is 89.5 Å². The number of ether oxygens (including phenoxy) is 3. The quantitative estimate of drug-likeness (QED) is 0.455. The van der Waals surface area contributed by atoms with Crippen LogP contribution in [0.4, 0.5) is 11.4 Å². The second-order valence-corrected chi connectivity index (χ2v) is 9.62. The Kier molecular flexibility index (Phi) is 7.02. The molecule has 184 valence electrons. The molecule has 0 bridgehead atoms. The van der Waals surface area contributed by atoms with E-state index < -0.39 is 5.25 Å². The van der Waals surface area contributed by atoms with Crippen LogP contribution >= 0.6 is 23.4 Å². The first kappa shape index (κ1) is 24.0. The van der Waals surface area contributed by atoms with E-state index in [9.17, 15) is 9.59 Å². The van der Waals surface area contributed by atoms with Crippen LogP contribution in [0.15, 0.2) is 71.7 Å². The number of hydrogen-bond acceptors (Lipinski definition) is 7. The Morgan fingerprint density at radius 1 is 1.14 bits per heavy atom. The summed E-state index contributed by atoms with van der Waals surface area (Å²) in [6.07, 6.45) is -0.0198. The maximum Gasteiger partial charge on any atom is 0.242 e. The molecule has 8 nitrogen and oxygen atoms in total. The van der Waals surface area contributed by atoms with Crippen molar-refractivity contribution in [2.75, 3.05) is 19.2 Å². The highest BCUT2D eigenvalue weighted by Gasteiger charge is 2.39. The number of fused-ring (bicyclic) bond motifs is 1. The standard InChI is InChI=1S/C26H22ClN3O5S/c1-33-18-9-7-17(8-10-18)28-26-30(14-16-6-11-21-22(12-16)35-15-34-21)25(32)23(36-26)13-24(31)29-20-5-3-2-4-19(20)27/h2-12,23H,13-15H2,1H3,(H,29,31)/t23-/m1/s1. The fraction of sp³-hybridized carbons (Fsp3) is 0.192. The molecule has 3 aromatic rings. The van der Waals surface area contributed by atoms with Crippen molar-refractivity contribution in [3.63, 3.8) is 0 Å². The smallest absolute Gasteiger partial charge is 0.242 e. The third kappa shape index (κ3) is 5.27. The number of nitrogens with one attached hydrogen (secondary N) is 1. The van der Waals surface area contributed by atoms with E-state index in [1.54, 1.807) is 48.4 Å². The summed E-state index contributed by atoms with van der Waals surface area (Å²) in [7, 11) is 1.60. The van der Waals surface area contributed by atoms with E-state index >= 15 is 0 Å². The fourth-order valence-corrected chi connectivity index (χ4v) is 5.13. The van der Waals surface area contributed by atoms with Crippen molar-refractivity contribution in [2.45, 2.75) is 18.2 Å². The van der Waals surface area contributed by atoms with Gasteiger partial charge in [-0.3, -0.25) is 14.5 Å². The number of rotatable bonds is 7. The molecule has 0 saturated carbocycles. The van der Waals surface area contributed by atoms with Gasteiger partial charge in [0, 0.05) is 6.42 Å². The summed E-state index contributed by atoms with van der Waals surface area (Å²) >= 11 is 7.42. The molecule has 2 heterocycles. The molecule has 1 atom stereocenters. The summed E-state index contributed by atoms with van der Waals surface area (Å²) in [4.78, 5) is 32.5. The summed E-state index contributed by atoms with van der Waals surface area (Å²) in [5.74, 6) is 1.51. The average Bonchev–Trinajstić information content (AvgIpc) is 3.46. The van der Waals surface area contributed by atoms with E-state index in [4.69, 9.17) is 30.8 Å². The average molecular weight is 524 g/mol. The molecule has 0 aliphatic carbocycles. The molecule has 5 rings (SSSR count). The molecule has 0 unspecified atom stereocenters. The number of amidine groups is 1. The van der Waals surface area contributed by atoms with E-state index in [0.717, 1.165) is 5.56 Å². The van der Waals surface area contributed by atoms with Crippen LogP contribution in [0.3, 0.4) is 0 Å². The zero-order chi connectivity index (χ0) is 25.1. The molecule has 10 heteroatoms. The first-order valence-electron chi connectivity index (χ1n) is 11.1. The lowest BCUT2D eigenvalue weighted by Gasteiger charge is -2.17. The lowest BCUT2D eigenvalue weighted by atomic mass is 10.1. The van der Waals surface area contributed by atoms with Crippen LogP contribution in [0.1, 0.15) is 12.0 Å². The van der Waals surface area contributed by atoms with Gasteiger partial charge in [0.25, 0.3) is 0 Å². The normalized spacial score (nSPS) is 17.5. The van der Waals surface area contributed by atoms with Gasteiger partial charge in [-0.25, -0.2) is 4.99 Å². The molecule has 3 aromatic carbocycles. The van der Waals surface area contributed by atoms with Crippen molar-refractivity contribution in [3.05, 3.63) is 77.3 Å². The zero-order valence-electron chi connectivity index (χ0n) is 19.3. The van der Waals surface area contributed by atoms with Gasteiger partial charge in [0.15, 0.2) is 16.7 Å². The molecular weight excluding hydrogens is 502 g/mol. The number of benzene rings is 3. The number of halogens is 1. The van der Waals surface area contributed by atoms with E-state index in [1.165, 1.54) is 11.8 Å². The highest BCUT2D eigenvalue weighted by molar-refractivity contribution is 8.15. The predicted octanol–water partition coefficient (Wildman–Crippen LogP) is 5.24. The third-order valence-corrected chi connectivity index (χ3v) is 7.12. The van der Waals surface area contributed by atoms with Gasteiger partial charge in [-0.05, 0) is 54.1 Å². The van der Waals surface area contributed by atoms with Crippen molar-refractivity contribution < 1.29 is 23.8 Å². The van der Waals surface area contributed by atoms with Crippen molar-refractivity contribution in [1.29, 1.82) is 0 Å². The summed E-state index contributed by atoms with van der Waals surface area (Å²) in [6.45, 7) is 0.449. The van der Waals surface area contributed by atoms with Crippen molar-refractivity contribution in [3.8, 4) is 17.2 Å². The van der Waals surface area contributed by atoms with Gasteiger partial charge >= 0.3 is 0 Å². The van der Waals surface area contributed by atoms with Crippen LogP contribution < -0.4 is 19.5 Å². The molecule has 0 spiro atoms. The maximum atomic E-state index is 13.4. The highest BCUT2D eigenvalue weighted by Crippen LogP contribution is 2.36. The number of amides is 2. The second kappa shape index (κ2) is 10.5. The summed E-state index contributed by atoms with van der Waals surface area (Å²) in [5, 5.41) is 3.11. The molecule has 2 amide bonds. The van der Waals surface area contributed by atoms with Crippen LogP contribution in [-0.4, -0.2) is 41.0 Å². The van der Waals surface area contributed by atoms with Gasteiger partial charge in [0.1, 0.15) is 11.0 Å². The molecule has 1 saturated heterocycles. The van der Waals surface area contributed by atoms with E-state index in [1.807, 2.05) is 30.3 Å². The van der Waals surface area contributed by atoms with Gasteiger partial charge in [-0.15, -0.1) is 0 Å². The molecule has 1 fully saturated rings. The number of para-hydroxylation sites is 1. The van der Waals surface area contributed by atoms with Gasteiger partial charge in [0.05, 0.1) is 30.1 Å². The number of thioether (sulfide) groups is 1. The van der Waals surface area contributed by atoms with Crippen molar-refractivity contribution >= 4 is 51.7 Å². The van der Waals surface area contributed by atoms with Gasteiger partial charge < -0.3 is 19.5 Å². The Morgan fingerprint density at radius 3 is 2.69 bits per heavy atom. The minimum Gasteiger partial charge on any atom is -0.497 e. The summed E-state index contributed by atoms with van der Waals surface area (Å²) in [6, 6.07) is 19.8. The van der Waals surface area contributed by atoms with Gasteiger partial charge in [-0.1, -0.05) is 41.6 Å². The number of carbonyl (C=O) groups is 2. The molecule has 36 heavy (non-hydrogen) atoms. The molecule has 0 aromatic heterocycles. The molecule has 0 radical (unpaired) electrons. The predicted molar refractivity (Wildman–Crippen MR) is 139 cm³/mol. The van der Waals surface area contributed by atoms with Crippen LogP contribution in [0.5, 0.6) is 17.2 Å².